The van der Waals surface area contributed by atoms with E-state index in [2.05, 4.69) is 4.90 Å². The fourth-order valence-electron chi connectivity index (χ4n) is 2.21. The molecule has 1 atom stereocenters. The second kappa shape index (κ2) is 6.38. The molecule has 18 heavy (non-hydrogen) atoms. The zero-order chi connectivity index (χ0) is 13.8. The van der Waals surface area contributed by atoms with Crippen molar-refractivity contribution in [3.8, 4) is 0 Å². The number of β-amino-alcohol motifs (C(OH)–C–C–N with tert-alkyl or cyclic N) is 1. The fourth-order valence-corrected chi connectivity index (χ4v) is 2.21. The lowest BCUT2D eigenvalue weighted by atomic mass is 10.1. The number of ether oxygens (including phenoxy) is 1. The Labute approximate surface area is 110 Å². The molecule has 0 aromatic carbocycles. The number of aliphatic hydroxyl groups is 1. The zero-order valence-corrected chi connectivity index (χ0v) is 12.0. The van der Waals surface area contributed by atoms with Crippen LogP contribution < -0.4 is 0 Å². The first kappa shape index (κ1) is 15.2. The highest BCUT2D eigenvalue weighted by molar-refractivity contribution is 5.67. The Morgan fingerprint density at radius 3 is 2.72 bits per heavy atom. The van der Waals surface area contributed by atoms with E-state index in [-0.39, 0.29) is 12.7 Å². The van der Waals surface area contributed by atoms with Crippen LogP contribution in [-0.2, 0) is 4.74 Å². The van der Waals surface area contributed by atoms with Crippen molar-refractivity contribution >= 4 is 6.09 Å². The summed E-state index contributed by atoms with van der Waals surface area (Å²) >= 11 is 0. The Bertz CT molecular complexity index is 276. The number of nitrogens with zero attached hydrogens (tertiary/aromatic N) is 2. The number of carbonyl (C=O) groups excluding carboxylic acids is 1. The molecule has 1 rings (SSSR count). The minimum absolute atomic E-state index is 0.203. The van der Waals surface area contributed by atoms with Gasteiger partial charge in [0.15, 0.2) is 0 Å². The summed E-state index contributed by atoms with van der Waals surface area (Å²) in [5.74, 6) is 0.481. The number of rotatable bonds is 4. The molecule has 5 nitrogen and oxygen atoms in total. The van der Waals surface area contributed by atoms with E-state index in [1.54, 1.807) is 11.9 Å². The van der Waals surface area contributed by atoms with E-state index in [1.165, 1.54) is 0 Å². The summed E-state index contributed by atoms with van der Waals surface area (Å²) in [5.41, 5.74) is -0.441. The fraction of sp³-hybridized carbons (Fsp3) is 0.923. The smallest absolute Gasteiger partial charge is 0.410 e. The SMILES string of the molecule is CN(CC1CCN(CCO)C1)C(=O)OC(C)(C)C. The van der Waals surface area contributed by atoms with Crippen LogP contribution >= 0.6 is 0 Å². The first-order valence-corrected chi connectivity index (χ1v) is 6.59. The van der Waals surface area contributed by atoms with E-state index >= 15 is 0 Å². The van der Waals surface area contributed by atoms with E-state index in [4.69, 9.17) is 9.84 Å². The molecule has 1 aliphatic heterocycles. The first-order valence-electron chi connectivity index (χ1n) is 6.59. The summed E-state index contributed by atoms with van der Waals surface area (Å²) < 4.78 is 5.32. The molecule has 0 aromatic heterocycles. The number of hydrogen-bond donors (Lipinski definition) is 1. The molecule has 0 aliphatic carbocycles. The van der Waals surface area contributed by atoms with Gasteiger partial charge < -0.3 is 19.6 Å². The average Bonchev–Trinajstić information content (AvgIpc) is 2.63. The third-order valence-corrected chi connectivity index (χ3v) is 3.02. The van der Waals surface area contributed by atoms with E-state index in [0.29, 0.717) is 5.92 Å². The van der Waals surface area contributed by atoms with Gasteiger partial charge in [0, 0.05) is 26.7 Å². The largest absolute Gasteiger partial charge is 0.444 e. The van der Waals surface area contributed by atoms with Gasteiger partial charge in [-0.3, -0.25) is 0 Å². The lowest BCUT2D eigenvalue weighted by molar-refractivity contribution is 0.0274. The molecule has 0 aromatic rings. The summed E-state index contributed by atoms with van der Waals surface area (Å²) in [4.78, 5) is 15.7. The highest BCUT2D eigenvalue weighted by atomic mass is 16.6. The number of hydrogen-bond acceptors (Lipinski definition) is 4. The molecule has 1 aliphatic rings. The van der Waals surface area contributed by atoms with E-state index in [1.807, 2.05) is 20.8 Å². The summed E-state index contributed by atoms with van der Waals surface area (Å²) in [6.07, 6.45) is 0.816. The molecule has 0 spiro atoms. The number of aliphatic hydroxyl groups excluding tert-OH is 1. The summed E-state index contributed by atoms with van der Waals surface area (Å²) in [5, 5.41) is 8.88. The monoisotopic (exact) mass is 258 g/mol. The Hall–Kier alpha value is -0.810. The predicted octanol–water partition coefficient (Wildman–Crippen LogP) is 1.17. The number of carbonyl (C=O) groups is 1. The van der Waals surface area contributed by atoms with Crippen molar-refractivity contribution in [1.29, 1.82) is 0 Å². The zero-order valence-electron chi connectivity index (χ0n) is 12.0. The number of amides is 1. The molecule has 106 valence electrons. The van der Waals surface area contributed by atoms with Crippen molar-refractivity contribution in [2.45, 2.75) is 32.8 Å². The van der Waals surface area contributed by atoms with E-state index in [9.17, 15) is 4.79 Å². The van der Waals surface area contributed by atoms with Crippen molar-refractivity contribution in [1.82, 2.24) is 9.80 Å². The van der Waals surface area contributed by atoms with Crippen molar-refractivity contribution in [3.63, 3.8) is 0 Å². The molecule has 0 radical (unpaired) electrons. The second-order valence-electron chi connectivity index (χ2n) is 6.04. The lowest BCUT2D eigenvalue weighted by Crippen LogP contribution is -2.37. The molecule has 1 heterocycles. The predicted molar refractivity (Wildman–Crippen MR) is 70.5 cm³/mol. The summed E-state index contributed by atoms with van der Waals surface area (Å²) in [7, 11) is 1.78. The van der Waals surface area contributed by atoms with Crippen molar-refractivity contribution < 1.29 is 14.6 Å². The Kier molecular flexibility index (Phi) is 5.41. The molecular weight excluding hydrogens is 232 g/mol. The van der Waals surface area contributed by atoms with Crippen molar-refractivity contribution in [2.24, 2.45) is 5.92 Å². The number of likely N-dealkylation sites (tertiary alicyclic amines) is 1. The summed E-state index contributed by atoms with van der Waals surface area (Å²) in [6, 6.07) is 0. The quantitative estimate of drug-likeness (QED) is 0.822. The maximum absolute atomic E-state index is 11.8. The molecule has 1 unspecified atom stereocenters. The maximum atomic E-state index is 11.8. The molecular formula is C13H26N2O3. The maximum Gasteiger partial charge on any atom is 0.410 e. The van der Waals surface area contributed by atoms with Gasteiger partial charge in [0.25, 0.3) is 0 Å². The minimum atomic E-state index is -0.441. The van der Waals surface area contributed by atoms with Gasteiger partial charge in [-0.2, -0.15) is 0 Å². The van der Waals surface area contributed by atoms with E-state index in [0.717, 1.165) is 32.6 Å². The van der Waals surface area contributed by atoms with Gasteiger partial charge in [0.05, 0.1) is 6.61 Å². The molecule has 0 saturated carbocycles. The van der Waals surface area contributed by atoms with Crippen LogP contribution in [0.25, 0.3) is 0 Å². The Balaban J connectivity index is 2.32. The average molecular weight is 258 g/mol. The third kappa shape index (κ3) is 5.23. The lowest BCUT2D eigenvalue weighted by Gasteiger charge is -2.26. The molecule has 1 amide bonds. The van der Waals surface area contributed by atoms with Gasteiger partial charge in [-0.1, -0.05) is 0 Å². The Morgan fingerprint density at radius 2 is 2.17 bits per heavy atom. The van der Waals surface area contributed by atoms with Gasteiger partial charge in [0.2, 0.25) is 0 Å². The van der Waals surface area contributed by atoms with Gasteiger partial charge >= 0.3 is 6.09 Å². The van der Waals surface area contributed by atoms with Crippen LogP contribution in [0.15, 0.2) is 0 Å². The minimum Gasteiger partial charge on any atom is -0.444 e. The highest BCUT2D eigenvalue weighted by Crippen LogP contribution is 2.17. The van der Waals surface area contributed by atoms with E-state index < -0.39 is 5.60 Å². The topological polar surface area (TPSA) is 53.0 Å². The molecule has 0 bridgehead atoms. The second-order valence-corrected chi connectivity index (χ2v) is 6.04. The Morgan fingerprint density at radius 1 is 1.50 bits per heavy atom. The molecule has 1 saturated heterocycles. The van der Waals surface area contributed by atoms with Crippen LogP contribution in [0.4, 0.5) is 4.79 Å². The van der Waals surface area contributed by atoms with Crippen LogP contribution in [0, 0.1) is 5.92 Å². The van der Waals surface area contributed by atoms with Crippen LogP contribution in [0.5, 0.6) is 0 Å². The van der Waals surface area contributed by atoms with Crippen LogP contribution in [0.3, 0.4) is 0 Å². The van der Waals surface area contributed by atoms with Crippen LogP contribution in [-0.4, -0.2) is 66.4 Å². The summed E-state index contributed by atoms with van der Waals surface area (Å²) in [6.45, 7) is 9.23. The normalized spacial score (nSPS) is 21.1. The van der Waals surface area contributed by atoms with Gasteiger partial charge in [-0.05, 0) is 39.7 Å². The van der Waals surface area contributed by atoms with Crippen molar-refractivity contribution in [3.05, 3.63) is 0 Å². The van der Waals surface area contributed by atoms with Crippen LogP contribution in [0.2, 0.25) is 0 Å². The van der Waals surface area contributed by atoms with Gasteiger partial charge in [-0.15, -0.1) is 0 Å². The van der Waals surface area contributed by atoms with Crippen molar-refractivity contribution in [2.75, 3.05) is 39.8 Å². The molecule has 1 fully saturated rings. The molecule has 5 heteroatoms. The van der Waals surface area contributed by atoms with Gasteiger partial charge in [-0.25, -0.2) is 4.79 Å². The highest BCUT2D eigenvalue weighted by Gasteiger charge is 2.26. The standard InChI is InChI=1S/C13H26N2O3/c1-13(2,3)18-12(17)14(4)9-11-5-6-15(10-11)7-8-16/h11,16H,5-10H2,1-4H3. The first-order chi connectivity index (χ1) is 8.31. The van der Waals surface area contributed by atoms with Gasteiger partial charge in [0.1, 0.15) is 5.60 Å². The third-order valence-electron chi connectivity index (χ3n) is 3.02. The molecule has 1 N–H and O–H groups in total. The van der Waals surface area contributed by atoms with Crippen LogP contribution in [0.1, 0.15) is 27.2 Å².